The molecule has 7 heteroatoms. The first-order chi connectivity index (χ1) is 9.09. The summed E-state index contributed by atoms with van der Waals surface area (Å²) in [6.45, 7) is 2.37. The van der Waals surface area contributed by atoms with Crippen LogP contribution in [-0.4, -0.2) is 42.3 Å². The zero-order valence-electron chi connectivity index (χ0n) is 10.2. The van der Waals surface area contributed by atoms with Gasteiger partial charge in [-0.1, -0.05) is 0 Å². The van der Waals surface area contributed by atoms with Gasteiger partial charge in [0, 0.05) is 25.8 Å². The molecule has 0 atom stereocenters. The summed E-state index contributed by atoms with van der Waals surface area (Å²) in [6, 6.07) is 3.98. The Morgan fingerprint density at radius 2 is 2.16 bits per heavy atom. The number of carboxylic acid groups (broad SMARTS) is 1. The van der Waals surface area contributed by atoms with Crippen LogP contribution in [0.3, 0.4) is 0 Å². The van der Waals surface area contributed by atoms with Crippen LogP contribution in [0.1, 0.15) is 16.8 Å². The van der Waals surface area contributed by atoms with Crippen LogP contribution >= 0.6 is 0 Å². The molecule has 7 nitrogen and oxygen atoms in total. The molecule has 1 aliphatic heterocycles. The monoisotopic (exact) mass is 266 g/mol. The first-order valence-electron chi connectivity index (χ1n) is 5.94. The lowest BCUT2D eigenvalue weighted by Gasteiger charge is -2.21. The molecule has 0 saturated carbocycles. The normalized spacial score (nSPS) is 15.9. The third-order valence-corrected chi connectivity index (χ3v) is 2.98. The van der Waals surface area contributed by atoms with Crippen LogP contribution in [0.25, 0.3) is 0 Å². The van der Waals surface area contributed by atoms with E-state index in [1.165, 1.54) is 12.1 Å². The topological polar surface area (TPSA) is 92.9 Å². The number of carboxylic acids is 1. The van der Waals surface area contributed by atoms with Crippen LogP contribution in [0.2, 0.25) is 0 Å². The van der Waals surface area contributed by atoms with Crippen molar-refractivity contribution in [1.82, 2.24) is 0 Å². The van der Waals surface area contributed by atoms with Gasteiger partial charge in [-0.05, 0) is 18.6 Å². The minimum Gasteiger partial charge on any atom is -0.478 e. The Hall–Kier alpha value is -2.15. The van der Waals surface area contributed by atoms with Crippen molar-refractivity contribution in [2.75, 3.05) is 31.2 Å². The third-order valence-electron chi connectivity index (χ3n) is 2.98. The summed E-state index contributed by atoms with van der Waals surface area (Å²) in [5.74, 6) is -1.17. The van der Waals surface area contributed by atoms with Crippen LogP contribution in [0.4, 0.5) is 11.4 Å². The van der Waals surface area contributed by atoms with Crippen LogP contribution in [0.15, 0.2) is 18.2 Å². The molecule has 0 spiro atoms. The van der Waals surface area contributed by atoms with Gasteiger partial charge in [-0.15, -0.1) is 0 Å². The highest BCUT2D eigenvalue weighted by atomic mass is 16.6. The third kappa shape index (κ3) is 3.00. The maximum atomic E-state index is 11.1. The zero-order valence-corrected chi connectivity index (χ0v) is 10.2. The second-order valence-electron chi connectivity index (χ2n) is 4.22. The van der Waals surface area contributed by atoms with Crippen LogP contribution in [0, 0.1) is 10.1 Å². The van der Waals surface area contributed by atoms with Crippen LogP contribution < -0.4 is 4.90 Å². The molecule has 0 amide bonds. The Bertz CT molecular complexity index is 495. The van der Waals surface area contributed by atoms with Gasteiger partial charge in [-0.3, -0.25) is 10.1 Å². The van der Waals surface area contributed by atoms with E-state index in [1.54, 1.807) is 0 Å². The van der Waals surface area contributed by atoms with Crippen molar-refractivity contribution in [3.05, 3.63) is 33.9 Å². The maximum Gasteiger partial charge on any atom is 0.335 e. The molecule has 1 aromatic carbocycles. The fourth-order valence-corrected chi connectivity index (χ4v) is 2.06. The molecule has 0 unspecified atom stereocenters. The second-order valence-corrected chi connectivity index (χ2v) is 4.22. The Morgan fingerprint density at radius 1 is 1.37 bits per heavy atom. The standard InChI is InChI=1S/C12H14N2O5/c15-12(16)9-2-3-10(11(8-9)14(17)18)13-4-1-6-19-7-5-13/h2-3,8H,1,4-7H2,(H,15,16). The Kier molecular flexibility index (Phi) is 3.96. The van der Waals surface area contributed by atoms with Gasteiger partial charge in [-0.2, -0.15) is 0 Å². The van der Waals surface area contributed by atoms with Crippen molar-refractivity contribution >= 4 is 17.3 Å². The average molecular weight is 266 g/mol. The van der Waals surface area contributed by atoms with Crippen molar-refractivity contribution in [2.45, 2.75) is 6.42 Å². The van der Waals surface area contributed by atoms with E-state index in [2.05, 4.69) is 0 Å². The first kappa shape index (κ1) is 13.3. The molecular weight excluding hydrogens is 252 g/mol. The Balaban J connectivity index is 2.37. The maximum absolute atomic E-state index is 11.1. The summed E-state index contributed by atoms with van der Waals surface area (Å²) in [5.41, 5.74) is 0.184. The van der Waals surface area contributed by atoms with Gasteiger partial charge in [0.25, 0.3) is 5.69 Å². The lowest BCUT2D eigenvalue weighted by Crippen LogP contribution is -2.26. The summed E-state index contributed by atoms with van der Waals surface area (Å²) >= 11 is 0. The van der Waals surface area contributed by atoms with Gasteiger partial charge in [0.05, 0.1) is 17.1 Å². The molecule has 1 heterocycles. The number of anilines is 1. The van der Waals surface area contributed by atoms with Crippen molar-refractivity contribution in [3.8, 4) is 0 Å². The number of ether oxygens (including phenoxy) is 1. The van der Waals surface area contributed by atoms with E-state index in [4.69, 9.17) is 9.84 Å². The number of nitro benzene ring substituents is 1. The largest absolute Gasteiger partial charge is 0.478 e. The molecule has 102 valence electrons. The van der Waals surface area contributed by atoms with Crippen molar-refractivity contribution in [2.24, 2.45) is 0 Å². The SMILES string of the molecule is O=C(O)c1ccc(N2CCCOCC2)c([N+](=O)[O-])c1. The van der Waals surface area contributed by atoms with Crippen molar-refractivity contribution in [3.63, 3.8) is 0 Å². The van der Waals surface area contributed by atoms with Crippen molar-refractivity contribution < 1.29 is 19.6 Å². The fraction of sp³-hybridized carbons (Fsp3) is 0.417. The molecule has 19 heavy (non-hydrogen) atoms. The highest BCUT2D eigenvalue weighted by molar-refractivity contribution is 5.89. The molecular formula is C12H14N2O5. The summed E-state index contributed by atoms with van der Waals surface area (Å²) in [7, 11) is 0. The molecule has 1 aromatic rings. The molecule has 0 aromatic heterocycles. The number of carbonyl (C=O) groups is 1. The van der Waals surface area contributed by atoms with E-state index in [1.807, 2.05) is 4.90 Å². The molecule has 1 fully saturated rings. The highest BCUT2D eigenvalue weighted by Gasteiger charge is 2.22. The van der Waals surface area contributed by atoms with Gasteiger partial charge in [0.2, 0.25) is 0 Å². The fourth-order valence-electron chi connectivity index (χ4n) is 2.06. The first-order valence-corrected chi connectivity index (χ1v) is 5.94. The Labute approximate surface area is 109 Å². The molecule has 1 aliphatic rings. The number of hydrogen-bond donors (Lipinski definition) is 1. The number of aromatic carboxylic acids is 1. The van der Waals surface area contributed by atoms with E-state index in [9.17, 15) is 14.9 Å². The predicted molar refractivity (Wildman–Crippen MR) is 67.7 cm³/mol. The van der Waals surface area contributed by atoms with Crippen LogP contribution in [-0.2, 0) is 4.74 Å². The molecule has 1 saturated heterocycles. The van der Waals surface area contributed by atoms with E-state index in [-0.39, 0.29) is 11.3 Å². The predicted octanol–water partition coefficient (Wildman–Crippen LogP) is 1.52. The minimum absolute atomic E-state index is 0.0819. The van der Waals surface area contributed by atoms with Crippen molar-refractivity contribution in [1.29, 1.82) is 0 Å². The Morgan fingerprint density at radius 3 is 2.84 bits per heavy atom. The van der Waals surface area contributed by atoms with E-state index >= 15 is 0 Å². The van der Waals surface area contributed by atoms with Gasteiger partial charge in [0.15, 0.2) is 0 Å². The second kappa shape index (κ2) is 5.66. The lowest BCUT2D eigenvalue weighted by atomic mass is 10.1. The summed E-state index contributed by atoms with van der Waals surface area (Å²) in [5, 5.41) is 20.0. The number of nitrogens with zero attached hydrogens (tertiary/aromatic N) is 2. The zero-order chi connectivity index (χ0) is 13.8. The number of nitro groups is 1. The van der Waals surface area contributed by atoms with E-state index < -0.39 is 10.9 Å². The molecule has 1 N–H and O–H groups in total. The molecule has 0 bridgehead atoms. The highest BCUT2D eigenvalue weighted by Crippen LogP contribution is 2.29. The minimum atomic E-state index is -1.17. The number of hydrogen-bond acceptors (Lipinski definition) is 5. The number of benzene rings is 1. The molecule has 0 radical (unpaired) electrons. The summed E-state index contributed by atoms with van der Waals surface area (Å²) < 4.78 is 5.30. The molecule has 0 aliphatic carbocycles. The van der Waals surface area contributed by atoms with Crippen LogP contribution in [0.5, 0.6) is 0 Å². The average Bonchev–Trinajstić information content (AvgIpc) is 2.66. The smallest absolute Gasteiger partial charge is 0.335 e. The van der Waals surface area contributed by atoms with Gasteiger partial charge < -0.3 is 14.7 Å². The number of rotatable bonds is 3. The van der Waals surface area contributed by atoms with Gasteiger partial charge in [-0.25, -0.2) is 4.79 Å². The summed E-state index contributed by atoms with van der Waals surface area (Å²) in [4.78, 5) is 23.3. The van der Waals surface area contributed by atoms with E-state index in [0.717, 1.165) is 12.5 Å². The lowest BCUT2D eigenvalue weighted by molar-refractivity contribution is -0.384. The van der Waals surface area contributed by atoms with E-state index in [0.29, 0.717) is 32.0 Å². The quantitative estimate of drug-likeness (QED) is 0.658. The van der Waals surface area contributed by atoms with Gasteiger partial charge >= 0.3 is 5.97 Å². The molecule has 2 rings (SSSR count). The summed E-state index contributed by atoms with van der Waals surface area (Å²) in [6.07, 6.45) is 0.790. The van der Waals surface area contributed by atoms with Gasteiger partial charge in [0.1, 0.15) is 5.69 Å².